The van der Waals surface area contributed by atoms with Crippen LogP contribution in [0.3, 0.4) is 0 Å². The van der Waals surface area contributed by atoms with Gasteiger partial charge in [-0.3, -0.25) is 0 Å². The standard InChI is InChI=1S/C50H42N14/c1-3-47-51-48(4-1)62-28-24-58(36-62)32-40-9-17-44(18-10-40)54-56-46-21-13-42(14-22-46)34-60-26-30-64(38-60)50-6-2-5-49(52-50)63-29-25-59(37-63)33-41-11-19-45(20-12-41)55-53-43-15-7-39(8-16-43)31-57-23-27-61(47)35-57/h1-30,35-38H,31-34H2/q+4. The fraction of sp³-hybridized carbons (Fsp3) is 0.0800. The monoisotopic (exact) mass is 838 g/mol. The van der Waals surface area contributed by atoms with E-state index in [1.54, 1.807) is 0 Å². The van der Waals surface area contributed by atoms with Crippen LogP contribution in [0.4, 0.5) is 22.7 Å². The van der Waals surface area contributed by atoms with Crippen LogP contribution in [0.5, 0.6) is 0 Å². The molecule has 7 aliphatic rings. The average molecular weight is 839 g/mol. The first-order valence-electron chi connectivity index (χ1n) is 21.0. The van der Waals surface area contributed by atoms with Gasteiger partial charge in [0.1, 0.15) is 75.8 Å². The van der Waals surface area contributed by atoms with Gasteiger partial charge in [0.2, 0.25) is 23.3 Å². The number of benzene rings is 4. The Morgan fingerprint density at radius 3 is 0.766 bits per heavy atom. The average Bonchev–Trinajstić information content (AvgIpc) is 4.19. The number of imidazole rings is 4. The molecule has 0 spiro atoms. The first-order chi connectivity index (χ1) is 31.6. The first-order valence-corrected chi connectivity index (χ1v) is 21.0. The largest absolute Gasteiger partial charge is 0.250 e. The van der Waals surface area contributed by atoms with Crippen molar-refractivity contribution in [3.05, 3.63) is 231 Å². The maximum absolute atomic E-state index is 4.97. The van der Waals surface area contributed by atoms with Crippen LogP contribution in [0.15, 0.2) is 229 Å². The minimum Gasteiger partial charge on any atom is -0.232 e. The number of nitrogens with zero attached hydrogens (tertiary/aromatic N) is 14. The summed E-state index contributed by atoms with van der Waals surface area (Å²) < 4.78 is 16.7. The third-order valence-electron chi connectivity index (χ3n) is 11.0. The molecule has 0 N–H and O–H groups in total. The highest BCUT2D eigenvalue weighted by atomic mass is 15.2. The zero-order valence-corrected chi connectivity index (χ0v) is 34.7. The fourth-order valence-electron chi connectivity index (χ4n) is 7.64. The molecule has 0 unspecified atom stereocenters. The summed E-state index contributed by atoms with van der Waals surface area (Å²) in [5.74, 6) is 3.32. The van der Waals surface area contributed by atoms with E-state index in [2.05, 4.69) is 137 Å². The van der Waals surface area contributed by atoms with Crippen LogP contribution >= 0.6 is 0 Å². The van der Waals surface area contributed by atoms with E-state index in [-0.39, 0.29) is 0 Å². The Morgan fingerprint density at radius 1 is 0.297 bits per heavy atom. The third-order valence-corrected chi connectivity index (χ3v) is 11.0. The van der Waals surface area contributed by atoms with Crippen LogP contribution in [0, 0.1) is 0 Å². The number of aromatic nitrogens is 10. The molecule has 6 aromatic heterocycles. The summed E-state index contributed by atoms with van der Waals surface area (Å²) >= 11 is 0. The summed E-state index contributed by atoms with van der Waals surface area (Å²) in [5.41, 5.74) is 7.80. The maximum Gasteiger partial charge on any atom is 0.250 e. The molecule has 0 saturated carbocycles. The van der Waals surface area contributed by atoms with Gasteiger partial charge in [-0.05, 0) is 70.8 Å². The van der Waals surface area contributed by atoms with Crippen molar-refractivity contribution in [2.45, 2.75) is 26.2 Å². The summed E-state index contributed by atoms with van der Waals surface area (Å²) in [6.45, 7) is 2.83. The molecule has 17 rings (SSSR count). The molecule has 7 aliphatic heterocycles. The smallest absolute Gasteiger partial charge is 0.232 e. The number of rotatable bonds is 0. The Hall–Kier alpha value is -8.78. The summed E-state index contributed by atoms with van der Waals surface area (Å²) in [5, 5.41) is 18.0. The molecule has 64 heavy (non-hydrogen) atoms. The van der Waals surface area contributed by atoms with Gasteiger partial charge >= 0.3 is 0 Å². The molecular weight excluding hydrogens is 797 g/mol. The van der Waals surface area contributed by atoms with Gasteiger partial charge in [0, 0.05) is 24.3 Å². The summed E-state index contributed by atoms with van der Waals surface area (Å²) in [7, 11) is 0. The van der Waals surface area contributed by atoms with E-state index in [1.807, 2.05) is 128 Å². The van der Waals surface area contributed by atoms with Gasteiger partial charge in [-0.2, -0.15) is 48.7 Å². The Bertz CT molecular complexity index is 2830. The molecule has 10 aromatic rings. The van der Waals surface area contributed by atoms with Crippen molar-refractivity contribution in [3.63, 3.8) is 0 Å². The van der Waals surface area contributed by atoms with E-state index in [0.717, 1.165) is 68.3 Å². The Labute approximate surface area is 368 Å². The summed E-state index contributed by atoms with van der Waals surface area (Å²) in [4.78, 5) is 9.95. The van der Waals surface area contributed by atoms with E-state index >= 15 is 0 Å². The zero-order chi connectivity index (χ0) is 42.7. The van der Waals surface area contributed by atoms with Gasteiger partial charge in [-0.25, -0.2) is 18.3 Å². The van der Waals surface area contributed by atoms with Crippen molar-refractivity contribution in [2.75, 3.05) is 0 Å². The van der Waals surface area contributed by atoms with Gasteiger partial charge in [0.15, 0.2) is 0 Å². The van der Waals surface area contributed by atoms with Crippen molar-refractivity contribution in [1.82, 2.24) is 28.2 Å². The number of hydrogen-bond donors (Lipinski definition) is 0. The zero-order valence-electron chi connectivity index (χ0n) is 34.7. The van der Waals surface area contributed by atoms with Gasteiger partial charge in [-0.1, -0.05) is 60.7 Å². The second kappa shape index (κ2) is 16.9. The molecule has 13 heterocycles. The molecule has 4 aromatic carbocycles. The minimum atomic E-state index is 0.707. The number of pyridine rings is 2. The van der Waals surface area contributed by atoms with E-state index in [1.165, 1.54) is 0 Å². The van der Waals surface area contributed by atoms with Crippen LogP contribution in [0.25, 0.3) is 23.3 Å². The molecule has 0 atom stereocenters. The summed E-state index contributed by atoms with van der Waals surface area (Å²) in [6.07, 6.45) is 24.6. The molecule has 0 aliphatic carbocycles. The highest BCUT2D eigenvalue weighted by Gasteiger charge is 2.16. The highest BCUT2D eigenvalue weighted by Crippen LogP contribution is 2.22. The van der Waals surface area contributed by atoms with Crippen molar-refractivity contribution >= 4 is 22.7 Å². The lowest BCUT2D eigenvalue weighted by Gasteiger charge is -2.01. The number of azo groups is 2. The van der Waals surface area contributed by atoms with Crippen molar-refractivity contribution < 1.29 is 18.3 Å². The fourth-order valence-corrected chi connectivity index (χ4v) is 7.64. The number of hydrogen-bond acceptors (Lipinski definition) is 6. The Morgan fingerprint density at radius 2 is 0.531 bits per heavy atom. The SMILES string of the molecule is c1cc2nc(c1)-n1cc[n+](c1)Cc1ccc(cc1)N=Nc1ccc(cc1)C[n+]1ccn(c1)-c1cccc(n1)-n1cc[n+](c1)Cc1ccc(cc1)N=Nc1ccc(cc1)C[n+]1ccn-2c1. The third kappa shape index (κ3) is 8.69. The van der Waals surface area contributed by atoms with Gasteiger partial charge < -0.3 is 0 Å². The van der Waals surface area contributed by atoms with Crippen LogP contribution in [-0.2, 0) is 26.2 Å². The quantitative estimate of drug-likeness (QED) is 0.144. The Balaban J connectivity index is 0.844. The second-order valence-electron chi connectivity index (χ2n) is 15.7. The maximum atomic E-state index is 4.97. The summed E-state index contributed by atoms with van der Waals surface area (Å²) in [6, 6.07) is 44.8. The van der Waals surface area contributed by atoms with Crippen molar-refractivity contribution in [2.24, 2.45) is 20.5 Å². The molecule has 14 heteroatoms. The van der Waals surface area contributed by atoms with Crippen LogP contribution in [0.1, 0.15) is 22.3 Å². The molecule has 0 radical (unpaired) electrons. The van der Waals surface area contributed by atoms with E-state index in [0.29, 0.717) is 26.2 Å². The molecule has 308 valence electrons. The predicted molar refractivity (Wildman–Crippen MR) is 237 cm³/mol. The van der Waals surface area contributed by atoms with Crippen molar-refractivity contribution in [1.29, 1.82) is 0 Å². The minimum absolute atomic E-state index is 0.707. The molecule has 20 bridgehead atoms. The first kappa shape index (κ1) is 38.2. The van der Waals surface area contributed by atoms with E-state index in [4.69, 9.17) is 9.97 Å². The highest BCUT2D eigenvalue weighted by molar-refractivity contribution is 5.43. The Kier molecular flexibility index (Phi) is 10.1. The van der Waals surface area contributed by atoms with E-state index < -0.39 is 0 Å². The van der Waals surface area contributed by atoms with E-state index in [9.17, 15) is 0 Å². The lowest BCUT2D eigenvalue weighted by molar-refractivity contribution is -0.687. The van der Waals surface area contributed by atoms with Gasteiger partial charge in [-0.15, -0.1) is 0 Å². The van der Waals surface area contributed by atoms with Crippen molar-refractivity contribution in [3.8, 4) is 23.3 Å². The van der Waals surface area contributed by atoms with Gasteiger partial charge in [0.25, 0.3) is 25.3 Å². The van der Waals surface area contributed by atoms with Crippen LogP contribution in [-0.4, -0.2) is 28.2 Å². The predicted octanol–water partition coefficient (Wildman–Crippen LogP) is 8.13. The normalized spacial score (nSPS) is 12.6. The molecule has 0 saturated heterocycles. The van der Waals surface area contributed by atoms with Crippen LogP contribution in [0.2, 0.25) is 0 Å². The molecule has 0 fully saturated rings. The molecular formula is C50H42N14+4. The molecule has 14 nitrogen and oxygen atoms in total. The second-order valence-corrected chi connectivity index (χ2v) is 15.7. The van der Waals surface area contributed by atoms with Gasteiger partial charge in [0.05, 0.1) is 22.7 Å². The lowest BCUT2D eigenvalue weighted by atomic mass is 10.2. The molecule has 0 amide bonds. The van der Waals surface area contributed by atoms with Crippen LogP contribution < -0.4 is 18.3 Å². The lowest BCUT2D eigenvalue weighted by Crippen LogP contribution is -2.31. The topological polar surface area (TPSA) is 110 Å².